The third-order valence-corrected chi connectivity index (χ3v) is 5.76. The van der Waals surface area contributed by atoms with Gasteiger partial charge in [-0.25, -0.2) is 9.78 Å². The monoisotopic (exact) mass is 404 g/mol. The molecule has 0 aliphatic carbocycles. The Bertz CT molecular complexity index is 1240. The molecule has 2 heterocycles. The number of hydrogen-bond donors (Lipinski definition) is 1. The number of carboxylic acid groups (broad SMARTS) is 1. The van der Waals surface area contributed by atoms with E-state index in [4.69, 9.17) is 4.98 Å². The Balaban J connectivity index is 1.81. The lowest BCUT2D eigenvalue weighted by molar-refractivity contribution is 0.0699. The predicted octanol–water partition coefficient (Wildman–Crippen LogP) is 4.76. The maximum absolute atomic E-state index is 13.3. The molecule has 146 valence electrons. The Hall–Kier alpha value is -3.25. The third-order valence-electron chi connectivity index (χ3n) is 4.89. The van der Waals surface area contributed by atoms with Gasteiger partial charge in [-0.1, -0.05) is 54.1 Å². The van der Waals surface area contributed by atoms with Crippen LogP contribution in [0, 0.1) is 6.92 Å². The molecular formula is C23H20N2O3S. The number of aryl methyl sites for hydroxylation is 2. The molecule has 5 nitrogen and oxygen atoms in total. The number of aromatic nitrogens is 2. The average Bonchev–Trinajstić information content (AvgIpc) is 3.15. The van der Waals surface area contributed by atoms with Crippen molar-refractivity contribution in [2.24, 2.45) is 0 Å². The molecule has 0 saturated heterocycles. The Morgan fingerprint density at radius 1 is 1.14 bits per heavy atom. The molecule has 4 rings (SSSR count). The fraction of sp³-hybridized carbons (Fsp3) is 0.174. The predicted molar refractivity (Wildman–Crippen MR) is 116 cm³/mol. The number of benzene rings is 2. The number of hydrogen-bond acceptors (Lipinski definition) is 4. The molecule has 0 amide bonds. The van der Waals surface area contributed by atoms with Gasteiger partial charge in [0.05, 0.1) is 10.9 Å². The minimum absolute atomic E-state index is 0.0232. The smallest absolute Gasteiger partial charge is 0.337 e. The van der Waals surface area contributed by atoms with Gasteiger partial charge in [0, 0.05) is 17.5 Å². The van der Waals surface area contributed by atoms with Crippen molar-refractivity contribution in [2.75, 3.05) is 0 Å². The molecule has 0 spiro atoms. The average molecular weight is 404 g/mol. The van der Waals surface area contributed by atoms with E-state index in [1.54, 1.807) is 4.57 Å². The van der Waals surface area contributed by atoms with Gasteiger partial charge in [-0.15, -0.1) is 11.3 Å². The lowest BCUT2D eigenvalue weighted by atomic mass is 10.1. The van der Waals surface area contributed by atoms with Crippen molar-refractivity contribution in [1.82, 2.24) is 9.55 Å². The number of aromatic carboxylic acids is 1. The second-order valence-electron chi connectivity index (χ2n) is 6.99. The van der Waals surface area contributed by atoms with Crippen LogP contribution in [0.3, 0.4) is 0 Å². The van der Waals surface area contributed by atoms with Crippen LogP contribution in [-0.2, 0) is 13.0 Å². The van der Waals surface area contributed by atoms with E-state index in [1.165, 1.54) is 22.3 Å². The summed E-state index contributed by atoms with van der Waals surface area (Å²) in [5.74, 6) is -0.521. The maximum atomic E-state index is 13.3. The number of thiophene rings is 1. The molecule has 0 fully saturated rings. The summed E-state index contributed by atoms with van der Waals surface area (Å²) >= 11 is 1.19. The molecule has 0 bridgehead atoms. The first kappa shape index (κ1) is 19.1. The van der Waals surface area contributed by atoms with Crippen molar-refractivity contribution in [1.29, 1.82) is 0 Å². The van der Waals surface area contributed by atoms with Crippen molar-refractivity contribution in [3.8, 4) is 11.4 Å². The second kappa shape index (κ2) is 8.01. The lowest BCUT2D eigenvalue weighted by Crippen LogP contribution is -2.24. The summed E-state index contributed by atoms with van der Waals surface area (Å²) in [4.78, 5) is 30.0. The largest absolute Gasteiger partial charge is 0.478 e. The van der Waals surface area contributed by atoms with E-state index in [0.717, 1.165) is 24.0 Å². The minimum Gasteiger partial charge on any atom is -0.478 e. The van der Waals surface area contributed by atoms with Crippen LogP contribution in [0.15, 0.2) is 64.8 Å². The van der Waals surface area contributed by atoms with Crippen molar-refractivity contribution in [3.05, 3.63) is 87.0 Å². The molecule has 0 saturated carbocycles. The summed E-state index contributed by atoms with van der Waals surface area (Å²) < 4.78 is 1.62. The number of nitrogens with zero attached hydrogens (tertiary/aromatic N) is 2. The molecule has 0 atom stereocenters. The molecule has 4 aromatic rings. The molecule has 0 unspecified atom stereocenters. The molecule has 2 aromatic heterocycles. The zero-order valence-electron chi connectivity index (χ0n) is 16.0. The van der Waals surface area contributed by atoms with Gasteiger partial charge in [-0.2, -0.15) is 0 Å². The van der Waals surface area contributed by atoms with Gasteiger partial charge in [0.1, 0.15) is 10.7 Å². The topological polar surface area (TPSA) is 72.2 Å². The molecule has 0 aliphatic rings. The van der Waals surface area contributed by atoms with Crippen LogP contribution in [-0.4, -0.2) is 20.6 Å². The Morgan fingerprint density at radius 3 is 2.66 bits per heavy atom. The van der Waals surface area contributed by atoms with Crippen molar-refractivity contribution >= 4 is 27.5 Å². The van der Waals surface area contributed by atoms with Gasteiger partial charge in [-0.3, -0.25) is 9.36 Å². The molecule has 1 N–H and O–H groups in total. The number of carbonyl (C=O) groups is 1. The third kappa shape index (κ3) is 3.84. The van der Waals surface area contributed by atoms with Gasteiger partial charge in [0.15, 0.2) is 0 Å². The van der Waals surface area contributed by atoms with Crippen LogP contribution >= 0.6 is 11.3 Å². The number of carboxylic acids is 1. The highest BCUT2D eigenvalue weighted by atomic mass is 32.1. The fourth-order valence-electron chi connectivity index (χ4n) is 3.48. The quantitative estimate of drug-likeness (QED) is 0.503. The van der Waals surface area contributed by atoms with Gasteiger partial charge >= 0.3 is 5.97 Å². The number of fused-ring (bicyclic) bond motifs is 1. The van der Waals surface area contributed by atoms with E-state index < -0.39 is 5.97 Å². The highest BCUT2D eigenvalue weighted by molar-refractivity contribution is 7.17. The highest BCUT2D eigenvalue weighted by Crippen LogP contribution is 2.26. The summed E-state index contributed by atoms with van der Waals surface area (Å²) in [6.45, 7) is 2.46. The standard InChI is InChI=1S/C23H20N2O3S/c1-15-7-5-11-17(13-15)20-24-21-19(18(14-29-21)23(27)28)22(26)25(20)12-6-10-16-8-3-2-4-9-16/h2-5,7-9,11,13-14H,6,10,12H2,1H3,(H,27,28). The minimum atomic E-state index is -1.10. The Morgan fingerprint density at radius 2 is 1.93 bits per heavy atom. The maximum Gasteiger partial charge on any atom is 0.337 e. The zero-order valence-corrected chi connectivity index (χ0v) is 16.8. The Labute approximate surface area is 171 Å². The zero-order chi connectivity index (χ0) is 20.4. The lowest BCUT2D eigenvalue weighted by Gasteiger charge is -2.13. The second-order valence-corrected chi connectivity index (χ2v) is 7.84. The Kier molecular flexibility index (Phi) is 5.27. The van der Waals surface area contributed by atoms with E-state index in [0.29, 0.717) is 17.2 Å². The first-order chi connectivity index (χ1) is 14.0. The van der Waals surface area contributed by atoms with E-state index in [2.05, 4.69) is 12.1 Å². The van der Waals surface area contributed by atoms with Gasteiger partial charge < -0.3 is 5.11 Å². The van der Waals surface area contributed by atoms with Crippen LogP contribution in [0.5, 0.6) is 0 Å². The fourth-order valence-corrected chi connectivity index (χ4v) is 4.38. The molecular weight excluding hydrogens is 384 g/mol. The molecule has 0 radical (unpaired) electrons. The van der Waals surface area contributed by atoms with Crippen molar-refractivity contribution < 1.29 is 9.90 Å². The number of rotatable bonds is 6. The molecule has 6 heteroatoms. The first-order valence-corrected chi connectivity index (χ1v) is 10.3. The van der Waals surface area contributed by atoms with Crippen LogP contribution in [0.1, 0.15) is 27.9 Å². The summed E-state index contributed by atoms with van der Waals surface area (Å²) in [5.41, 5.74) is 2.86. The summed E-state index contributed by atoms with van der Waals surface area (Å²) in [6.07, 6.45) is 1.58. The van der Waals surface area contributed by atoms with Crippen molar-refractivity contribution in [3.63, 3.8) is 0 Å². The summed E-state index contributed by atoms with van der Waals surface area (Å²) in [7, 11) is 0. The molecule has 0 aliphatic heterocycles. The van der Waals surface area contributed by atoms with Crippen LogP contribution in [0.25, 0.3) is 21.6 Å². The SMILES string of the molecule is Cc1cccc(-c2nc3scc(C(=O)O)c3c(=O)n2CCCc2ccccc2)c1. The van der Waals surface area contributed by atoms with Crippen LogP contribution in [0.4, 0.5) is 0 Å². The van der Waals surface area contributed by atoms with E-state index in [-0.39, 0.29) is 16.5 Å². The highest BCUT2D eigenvalue weighted by Gasteiger charge is 2.20. The molecule has 2 aromatic carbocycles. The first-order valence-electron chi connectivity index (χ1n) is 9.41. The summed E-state index contributed by atoms with van der Waals surface area (Å²) in [6, 6.07) is 18.0. The molecule has 29 heavy (non-hydrogen) atoms. The van der Waals surface area contributed by atoms with Crippen molar-refractivity contribution in [2.45, 2.75) is 26.3 Å². The van der Waals surface area contributed by atoms with Crippen LogP contribution in [0.2, 0.25) is 0 Å². The van der Waals surface area contributed by atoms with E-state index in [9.17, 15) is 14.7 Å². The van der Waals surface area contributed by atoms with Gasteiger partial charge in [0.2, 0.25) is 0 Å². The van der Waals surface area contributed by atoms with Gasteiger partial charge in [0.25, 0.3) is 5.56 Å². The summed E-state index contributed by atoms with van der Waals surface area (Å²) in [5, 5.41) is 11.2. The van der Waals surface area contributed by atoms with Gasteiger partial charge in [-0.05, 0) is 31.4 Å². The van der Waals surface area contributed by atoms with E-state index >= 15 is 0 Å². The van der Waals surface area contributed by atoms with E-state index in [1.807, 2.05) is 49.4 Å². The normalized spacial score (nSPS) is 11.1. The van der Waals surface area contributed by atoms with Crippen LogP contribution < -0.4 is 5.56 Å².